The minimum absolute atomic E-state index is 0.400. The van der Waals surface area contributed by atoms with Crippen LogP contribution >= 0.6 is 0 Å². The fourth-order valence-corrected chi connectivity index (χ4v) is 3.95. The summed E-state index contributed by atoms with van der Waals surface area (Å²) in [6.45, 7) is 10.3. The molecule has 4 aromatic rings. The van der Waals surface area contributed by atoms with Crippen LogP contribution in [-0.2, 0) is 19.6 Å². The minimum atomic E-state index is 0.400. The molecule has 0 saturated carbocycles. The molecule has 0 aliphatic heterocycles. The average Bonchev–Trinajstić information content (AvgIpc) is 3.15. The highest BCUT2D eigenvalue weighted by molar-refractivity contribution is 5.75. The van der Waals surface area contributed by atoms with E-state index in [1.807, 2.05) is 30.3 Å². The molecule has 0 aliphatic carbocycles. The van der Waals surface area contributed by atoms with Gasteiger partial charge >= 0.3 is 0 Å². The van der Waals surface area contributed by atoms with E-state index in [4.69, 9.17) is 14.5 Å². The zero-order chi connectivity index (χ0) is 22.5. The molecule has 0 N–H and O–H groups in total. The maximum absolute atomic E-state index is 6.30. The highest BCUT2D eigenvalue weighted by Gasteiger charge is 2.14. The predicted octanol–water partition coefficient (Wildman–Crippen LogP) is 6.69. The summed E-state index contributed by atoms with van der Waals surface area (Å²) in [6.07, 6.45) is 1.03. The first-order valence-corrected chi connectivity index (χ1v) is 11.4. The molecule has 0 aliphatic rings. The van der Waals surface area contributed by atoms with Crippen molar-refractivity contribution < 1.29 is 9.47 Å². The predicted molar refractivity (Wildman–Crippen MR) is 131 cm³/mol. The van der Waals surface area contributed by atoms with Gasteiger partial charge in [-0.2, -0.15) is 0 Å². The molecule has 32 heavy (non-hydrogen) atoms. The molecule has 1 heterocycles. The molecule has 166 valence electrons. The van der Waals surface area contributed by atoms with Gasteiger partial charge in [0.1, 0.15) is 30.5 Å². The van der Waals surface area contributed by atoms with E-state index in [9.17, 15) is 0 Å². The van der Waals surface area contributed by atoms with E-state index in [2.05, 4.69) is 68.7 Å². The number of imidazole rings is 1. The number of hydrogen-bond donors (Lipinski definition) is 0. The molecule has 4 rings (SSSR count). The van der Waals surface area contributed by atoms with Gasteiger partial charge in [0.15, 0.2) is 0 Å². The van der Waals surface area contributed by atoms with Gasteiger partial charge in [-0.1, -0.05) is 57.2 Å². The van der Waals surface area contributed by atoms with Crippen LogP contribution in [0.1, 0.15) is 49.2 Å². The van der Waals surface area contributed by atoms with E-state index in [1.165, 1.54) is 16.7 Å². The number of benzene rings is 3. The van der Waals surface area contributed by atoms with E-state index >= 15 is 0 Å². The summed E-state index contributed by atoms with van der Waals surface area (Å²) < 4.78 is 14.5. The third-order valence-electron chi connectivity index (χ3n) is 5.80. The second-order valence-corrected chi connectivity index (χ2v) is 8.50. The Labute approximate surface area is 190 Å². The van der Waals surface area contributed by atoms with Crippen molar-refractivity contribution in [3.63, 3.8) is 0 Å². The van der Waals surface area contributed by atoms with Crippen molar-refractivity contribution in [1.82, 2.24) is 9.55 Å². The summed E-state index contributed by atoms with van der Waals surface area (Å²) in [6, 6.07) is 23.0. The lowest BCUT2D eigenvalue weighted by Crippen LogP contribution is -2.13. The largest absolute Gasteiger partial charge is 0.492 e. The van der Waals surface area contributed by atoms with Gasteiger partial charge in [0.25, 0.3) is 0 Å². The quantitative estimate of drug-likeness (QED) is 0.298. The maximum Gasteiger partial charge on any atom is 0.148 e. The van der Waals surface area contributed by atoms with E-state index in [0.29, 0.717) is 25.7 Å². The smallest absolute Gasteiger partial charge is 0.148 e. The molecule has 0 bridgehead atoms. The molecule has 4 heteroatoms. The van der Waals surface area contributed by atoms with Crippen LogP contribution in [0.4, 0.5) is 0 Å². The van der Waals surface area contributed by atoms with Gasteiger partial charge in [0.2, 0.25) is 0 Å². The minimum Gasteiger partial charge on any atom is -0.492 e. The Balaban J connectivity index is 1.52. The Morgan fingerprint density at radius 2 is 1.72 bits per heavy atom. The fraction of sp³-hybridized carbons (Fsp3) is 0.321. The van der Waals surface area contributed by atoms with Crippen molar-refractivity contribution in [3.05, 3.63) is 89.2 Å². The van der Waals surface area contributed by atoms with Gasteiger partial charge in [-0.05, 0) is 66.3 Å². The topological polar surface area (TPSA) is 36.3 Å². The number of aryl methyl sites for hydroxylation is 2. The van der Waals surface area contributed by atoms with Crippen molar-refractivity contribution in [2.24, 2.45) is 0 Å². The third kappa shape index (κ3) is 4.96. The lowest BCUT2D eigenvalue weighted by atomic mass is 10.0. The lowest BCUT2D eigenvalue weighted by molar-refractivity contribution is 0.270. The molecule has 4 nitrogen and oxygen atoms in total. The van der Waals surface area contributed by atoms with Crippen molar-refractivity contribution in [1.29, 1.82) is 0 Å². The summed E-state index contributed by atoms with van der Waals surface area (Å²) in [7, 11) is 0. The van der Waals surface area contributed by atoms with Gasteiger partial charge in [0.05, 0.1) is 17.6 Å². The summed E-state index contributed by atoms with van der Waals surface area (Å²) in [5, 5.41) is 0. The Morgan fingerprint density at radius 3 is 2.47 bits per heavy atom. The zero-order valence-electron chi connectivity index (χ0n) is 19.5. The second-order valence-electron chi connectivity index (χ2n) is 8.50. The molecule has 0 atom stereocenters. The molecular formula is C28H32N2O2. The molecular weight excluding hydrogens is 396 g/mol. The fourth-order valence-electron chi connectivity index (χ4n) is 3.95. The standard InChI is InChI=1S/C28H32N2O2/c1-5-22-11-13-23(14-12-22)31-17-16-30-26-9-7-6-8-25(26)29-28(30)19-32-27-18-21(4)10-15-24(27)20(2)3/h6-15,18,20H,5,16-17,19H2,1-4H3. The summed E-state index contributed by atoms with van der Waals surface area (Å²) in [5.41, 5.74) is 5.81. The van der Waals surface area contributed by atoms with Gasteiger partial charge in [-0.25, -0.2) is 4.98 Å². The average molecular weight is 429 g/mol. The third-order valence-corrected chi connectivity index (χ3v) is 5.80. The van der Waals surface area contributed by atoms with Gasteiger partial charge in [0, 0.05) is 0 Å². The number of hydrogen-bond acceptors (Lipinski definition) is 3. The molecule has 3 aromatic carbocycles. The molecule has 0 radical (unpaired) electrons. The highest BCUT2D eigenvalue weighted by atomic mass is 16.5. The number of rotatable bonds is 9. The Hall–Kier alpha value is -3.27. The van der Waals surface area contributed by atoms with E-state index in [0.717, 1.165) is 34.8 Å². The first-order chi connectivity index (χ1) is 15.5. The van der Waals surface area contributed by atoms with Crippen molar-refractivity contribution in [3.8, 4) is 11.5 Å². The Kier molecular flexibility index (Phi) is 6.79. The SMILES string of the molecule is CCc1ccc(OCCn2c(COc3cc(C)ccc3C(C)C)nc3ccccc32)cc1. The summed E-state index contributed by atoms with van der Waals surface area (Å²) in [5.74, 6) is 3.14. The molecule has 0 unspecified atom stereocenters. The van der Waals surface area contributed by atoms with Crippen LogP contribution in [0.3, 0.4) is 0 Å². The van der Waals surface area contributed by atoms with Crippen LogP contribution < -0.4 is 9.47 Å². The van der Waals surface area contributed by atoms with Crippen LogP contribution in [-0.4, -0.2) is 16.2 Å². The highest BCUT2D eigenvalue weighted by Crippen LogP contribution is 2.28. The van der Waals surface area contributed by atoms with Gasteiger partial charge in [-0.15, -0.1) is 0 Å². The van der Waals surface area contributed by atoms with E-state index in [1.54, 1.807) is 0 Å². The summed E-state index contributed by atoms with van der Waals surface area (Å²) in [4.78, 5) is 4.86. The van der Waals surface area contributed by atoms with Gasteiger partial charge in [-0.3, -0.25) is 0 Å². The number of fused-ring (bicyclic) bond motifs is 1. The second kappa shape index (κ2) is 9.90. The van der Waals surface area contributed by atoms with Crippen molar-refractivity contribution in [2.45, 2.75) is 53.2 Å². The molecule has 0 saturated heterocycles. The van der Waals surface area contributed by atoms with E-state index in [-0.39, 0.29) is 0 Å². The Bertz CT molecular complexity index is 1180. The number of ether oxygens (including phenoxy) is 2. The molecule has 0 spiro atoms. The molecule has 0 fully saturated rings. The number of nitrogens with zero attached hydrogens (tertiary/aromatic N) is 2. The number of para-hydroxylation sites is 2. The van der Waals surface area contributed by atoms with Crippen LogP contribution in [0.5, 0.6) is 11.5 Å². The number of aromatic nitrogens is 2. The van der Waals surface area contributed by atoms with Crippen LogP contribution in [0.2, 0.25) is 0 Å². The first kappa shape index (κ1) is 21.9. The molecule has 1 aromatic heterocycles. The first-order valence-electron chi connectivity index (χ1n) is 11.4. The van der Waals surface area contributed by atoms with Crippen molar-refractivity contribution in [2.75, 3.05) is 6.61 Å². The Morgan fingerprint density at radius 1 is 0.938 bits per heavy atom. The maximum atomic E-state index is 6.30. The van der Waals surface area contributed by atoms with Crippen LogP contribution in [0.25, 0.3) is 11.0 Å². The lowest BCUT2D eigenvalue weighted by Gasteiger charge is -2.16. The monoisotopic (exact) mass is 428 g/mol. The van der Waals surface area contributed by atoms with Gasteiger partial charge < -0.3 is 14.0 Å². The zero-order valence-corrected chi connectivity index (χ0v) is 19.5. The van der Waals surface area contributed by atoms with Crippen LogP contribution in [0.15, 0.2) is 66.7 Å². The summed E-state index contributed by atoms with van der Waals surface area (Å²) >= 11 is 0. The van der Waals surface area contributed by atoms with E-state index < -0.39 is 0 Å². The molecule has 0 amide bonds. The van der Waals surface area contributed by atoms with Crippen molar-refractivity contribution >= 4 is 11.0 Å². The normalized spacial score (nSPS) is 11.3. The van der Waals surface area contributed by atoms with Crippen LogP contribution in [0, 0.1) is 6.92 Å².